The molecule has 2 rings (SSSR count). The Balaban J connectivity index is 2.38. The third-order valence-corrected chi connectivity index (χ3v) is 4.29. The van der Waals surface area contributed by atoms with E-state index in [2.05, 4.69) is 51.8 Å². The Morgan fingerprint density at radius 2 is 2.07 bits per heavy atom. The topological polar surface area (TPSA) is 28.7 Å². The van der Waals surface area contributed by atoms with Crippen molar-refractivity contribution in [1.82, 2.24) is 10.2 Å². The number of rotatable bonds is 3. The highest BCUT2D eigenvalue weighted by molar-refractivity contribution is 14.1. The van der Waals surface area contributed by atoms with Crippen molar-refractivity contribution in [1.29, 1.82) is 0 Å². The summed E-state index contributed by atoms with van der Waals surface area (Å²) in [5.41, 5.74) is 2.31. The normalized spacial score (nSPS) is 10.5. The van der Waals surface area contributed by atoms with E-state index in [1.807, 2.05) is 18.2 Å². The summed E-state index contributed by atoms with van der Waals surface area (Å²) in [6, 6.07) is 10.3. The Morgan fingerprint density at radius 3 is 2.73 bits per heavy atom. The molecule has 0 radical (unpaired) electrons. The van der Waals surface area contributed by atoms with Crippen LogP contribution in [0.3, 0.4) is 0 Å². The van der Waals surface area contributed by atoms with E-state index in [1.54, 1.807) is 11.8 Å². The molecule has 0 amide bonds. The van der Waals surface area contributed by atoms with Crippen LogP contribution in [0.2, 0.25) is 0 Å². The van der Waals surface area contributed by atoms with Crippen molar-refractivity contribution in [2.45, 2.75) is 11.9 Å². The molecule has 15 heavy (non-hydrogen) atoms. The molecular formula is C11H11IN2S. The van der Waals surface area contributed by atoms with Gasteiger partial charge >= 0.3 is 0 Å². The van der Waals surface area contributed by atoms with Gasteiger partial charge in [0, 0.05) is 5.56 Å². The van der Waals surface area contributed by atoms with Crippen molar-refractivity contribution in [3.63, 3.8) is 0 Å². The second kappa shape index (κ2) is 5.03. The van der Waals surface area contributed by atoms with Crippen LogP contribution in [0, 0.1) is 3.57 Å². The number of nitrogens with zero attached hydrogens (tertiary/aromatic N) is 1. The summed E-state index contributed by atoms with van der Waals surface area (Å²) in [5, 5.41) is 8.50. The quantitative estimate of drug-likeness (QED) is 0.685. The smallest absolute Gasteiger partial charge is 0.132 e. The van der Waals surface area contributed by atoms with Crippen LogP contribution >= 0.6 is 34.4 Å². The fraction of sp³-hybridized carbons (Fsp3) is 0.182. The number of hydrogen-bond acceptors (Lipinski definition) is 2. The van der Waals surface area contributed by atoms with E-state index in [9.17, 15) is 0 Å². The van der Waals surface area contributed by atoms with Crippen molar-refractivity contribution in [2.24, 2.45) is 0 Å². The van der Waals surface area contributed by atoms with E-state index in [0.717, 1.165) is 16.5 Å². The van der Waals surface area contributed by atoms with Crippen LogP contribution in [-0.4, -0.2) is 16.0 Å². The molecule has 1 aromatic carbocycles. The lowest BCUT2D eigenvalue weighted by Gasteiger charge is -1.97. The van der Waals surface area contributed by atoms with Crippen LogP contribution in [0.5, 0.6) is 0 Å². The second-order valence-electron chi connectivity index (χ2n) is 3.02. The lowest BCUT2D eigenvalue weighted by molar-refractivity contribution is 1.00. The van der Waals surface area contributed by atoms with Crippen LogP contribution in [0.25, 0.3) is 11.3 Å². The Bertz CT molecular complexity index is 439. The molecule has 0 aliphatic heterocycles. The van der Waals surface area contributed by atoms with Gasteiger partial charge in [0.2, 0.25) is 0 Å². The minimum atomic E-state index is 1.05. The first-order valence-corrected chi connectivity index (χ1v) is 6.81. The van der Waals surface area contributed by atoms with Gasteiger partial charge in [0.25, 0.3) is 0 Å². The second-order valence-corrected chi connectivity index (χ2v) is 5.35. The number of halogens is 1. The van der Waals surface area contributed by atoms with Gasteiger partial charge in [0.05, 0.1) is 9.26 Å². The molecule has 2 aromatic rings. The minimum absolute atomic E-state index is 1.05. The summed E-state index contributed by atoms with van der Waals surface area (Å²) in [6.45, 7) is 2.14. The van der Waals surface area contributed by atoms with E-state index in [0.29, 0.717) is 0 Å². The predicted octanol–water partition coefficient (Wildman–Crippen LogP) is 3.79. The average Bonchev–Trinajstić information content (AvgIpc) is 2.63. The van der Waals surface area contributed by atoms with Crippen LogP contribution in [0.4, 0.5) is 0 Å². The molecule has 0 aliphatic carbocycles. The highest BCUT2D eigenvalue weighted by Gasteiger charge is 2.11. The molecule has 0 saturated heterocycles. The SMILES string of the molecule is CCSc1n[nH]c(-c2ccccc2)c1I. The monoisotopic (exact) mass is 330 g/mol. The average molecular weight is 330 g/mol. The molecule has 0 spiro atoms. The zero-order valence-corrected chi connectivity index (χ0v) is 11.3. The Kier molecular flexibility index (Phi) is 3.69. The molecule has 0 unspecified atom stereocenters. The van der Waals surface area contributed by atoms with Crippen LogP contribution in [0.15, 0.2) is 35.4 Å². The van der Waals surface area contributed by atoms with E-state index in [1.165, 1.54) is 9.13 Å². The summed E-state index contributed by atoms with van der Waals surface area (Å²) in [6.07, 6.45) is 0. The summed E-state index contributed by atoms with van der Waals surface area (Å²) in [5.74, 6) is 1.05. The van der Waals surface area contributed by atoms with E-state index in [-0.39, 0.29) is 0 Å². The predicted molar refractivity (Wildman–Crippen MR) is 73.1 cm³/mol. The number of nitrogens with one attached hydrogen (secondary N) is 1. The van der Waals surface area contributed by atoms with Gasteiger partial charge in [-0.2, -0.15) is 5.10 Å². The first-order valence-electron chi connectivity index (χ1n) is 4.75. The van der Waals surface area contributed by atoms with E-state index in [4.69, 9.17) is 0 Å². The van der Waals surface area contributed by atoms with Crippen LogP contribution in [-0.2, 0) is 0 Å². The Labute approximate surface area is 107 Å². The van der Waals surface area contributed by atoms with Crippen LogP contribution < -0.4 is 0 Å². The Hall–Kier alpha value is -0.490. The standard InChI is InChI=1S/C11H11IN2S/c1-2-15-11-9(12)10(13-14-11)8-6-4-3-5-7-8/h3-7H,2H2,1H3,(H,13,14). The maximum absolute atomic E-state index is 4.31. The number of aromatic amines is 1. The number of benzene rings is 1. The zero-order chi connectivity index (χ0) is 10.7. The van der Waals surface area contributed by atoms with Gasteiger partial charge < -0.3 is 0 Å². The maximum Gasteiger partial charge on any atom is 0.132 e. The number of H-pyrrole nitrogens is 1. The molecule has 0 bridgehead atoms. The largest absolute Gasteiger partial charge is 0.276 e. The molecule has 1 heterocycles. The number of hydrogen-bond donors (Lipinski definition) is 1. The first-order chi connectivity index (χ1) is 7.33. The molecule has 4 heteroatoms. The van der Waals surface area contributed by atoms with Gasteiger partial charge in [-0.15, -0.1) is 11.8 Å². The van der Waals surface area contributed by atoms with Crippen molar-refractivity contribution in [3.8, 4) is 11.3 Å². The fourth-order valence-electron chi connectivity index (χ4n) is 1.34. The van der Waals surface area contributed by atoms with Crippen molar-refractivity contribution < 1.29 is 0 Å². The first kappa shape index (κ1) is 11.0. The highest BCUT2D eigenvalue weighted by atomic mass is 127. The molecule has 0 saturated carbocycles. The summed E-state index contributed by atoms with van der Waals surface area (Å²) in [4.78, 5) is 0. The Morgan fingerprint density at radius 1 is 1.33 bits per heavy atom. The number of thioether (sulfide) groups is 1. The molecule has 0 aliphatic rings. The summed E-state index contributed by atoms with van der Waals surface area (Å²) in [7, 11) is 0. The molecule has 1 aromatic heterocycles. The molecular weight excluding hydrogens is 319 g/mol. The fourth-order valence-corrected chi connectivity index (χ4v) is 2.97. The van der Waals surface area contributed by atoms with E-state index >= 15 is 0 Å². The van der Waals surface area contributed by atoms with Gasteiger partial charge in [-0.1, -0.05) is 37.3 Å². The van der Waals surface area contributed by atoms with Gasteiger partial charge in [0.1, 0.15) is 5.03 Å². The van der Waals surface area contributed by atoms with Gasteiger partial charge in [-0.25, -0.2) is 0 Å². The molecule has 1 N–H and O–H groups in total. The van der Waals surface area contributed by atoms with Gasteiger partial charge in [-0.05, 0) is 28.3 Å². The summed E-state index contributed by atoms with van der Waals surface area (Å²) >= 11 is 4.12. The molecule has 78 valence electrons. The molecule has 0 fully saturated rings. The van der Waals surface area contributed by atoms with Gasteiger partial charge in [0.15, 0.2) is 0 Å². The highest BCUT2D eigenvalue weighted by Crippen LogP contribution is 2.30. The molecule has 0 atom stereocenters. The lowest BCUT2D eigenvalue weighted by Crippen LogP contribution is -1.79. The minimum Gasteiger partial charge on any atom is -0.276 e. The molecule has 2 nitrogen and oxygen atoms in total. The van der Waals surface area contributed by atoms with Crippen LogP contribution in [0.1, 0.15) is 6.92 Å². The van der Waals surface area contributed by atoms with Crippen molar-refractivity contribution in [2.75, 3.05) is 5.75 Å². The zero-order valence-electron chi connectivity index (χ0n) is 8.33. The lowest BCUT2D eigenvalue weighted by atomic mass is 10.2. The van der Waals surface area contributed by atoms with Crippen molar-refractivity contribution >= 4 is 34.4 Å². The van der Waals surface area contributed by atoms with Crippen molar-refractivity contribution in [3.05, 3.63) is 33.9 Å². The number of aromatic nitrogens is 2. The maximum atomic E-state index is 4.31. The third-order valence-electron chi connectivity index (χ3n) is 2.02. The van der Waals surface area contributed by atoms with E-state index < -0.39 is 0 Å². The third kappa shape index (κ3) is 2.36. The van der Waals surface area contributed by atoms with Gasteiger partial charge in [-0.3, -0.25) is 5.10 Å². The summed E-state index contributed by atoms with van der Waals surface area (Å²) < 4.78 is 1.21.